The minimum Gasteiger partial charge on any atom is -0.496 e. The number of hydrogen-bond donors (Lipinski definition) is 2. The number of nitrogens with one attached hydrogen (secondary N) is 1. The summed E-state index contributed by atoms with van der Waals surface area (Å²) in [6, 6.07) is 8.55. The van der Waals surface area contributed by atoms with Crippen LogP contribution in [0.15, 0.2) is 36.7 Å². The second-order valence-corrected chi connectivity index (χ2v) is 9.93. The molecule has 0 saturated heterocycles. The second-order valence-electron chi connectivity index (χ2n) is 9.93. The van der Waals surface area contributed by atoms with Crippen molar-refractivity contribution in [2.45, 2.75) is 59.7 Å². The van der Waals surface area contributed by atoms with Crippen LogP contribution < -0.4 is 10.1 Å². The summed E-state index contributed by atoms with van der Waals surface area (Å²) in [7, 11) is 1.52. The number of carbonyl (C=O) groups excluding carboxylic acids is 2. The van der Waals surface area contributed by atoms with E-state index in [4.69, 9.17) is 9.47 Å². The van der Waals surface area contributed by atoms with Crippen LogP contribution >= 0.6 is 0 Å². The van der Waals surface area contributed by atoms with E-state index in [0.29, 0.717) is 48.2 Å². The zero-order chi connectivity index (χ0) is 26.7. The largest absolute Gasteiger partial charge is 0.496 e. The van der Waals surface area contributed by atoms with Crippen molar-refractivity contribution in [2.24, 2.45) is 0 Å². The number of aliphatic hydroxyl groups excluding tert-OH is 1. The first-order valence-electron chi connectivity index (χ1n) is 12.1. The maximum atomic E-state index is 13.3. The van der Waals surface area contributed by atoms with E-state index in [1.54, 1.807) is 33.7 Å². The van der Waals surface area contributed by atoms with Gasteiger partial charge < -0.3 is 29.4 Å². The highest BCUT2D eigenvalue weighted by atomic mass is 16.6. The second kappa shape index (κ2) is 11.6. The zero-order valence-corrected chi connectivity index (χ0v) is 21.7. The van der Waals surface area contributed by atoms with Gasteiger partial charge in [0, 0.05) is 13.1 Å². The lowest BCUT2D eigenvalue weighted by molar-refractivity contribution is 0.0224. The van der Waals surface area contributed by atoms with E-state index in [9.17, 15) is 14.7 Å². The Kier molecular flexibility index (Phi) is 8.72. The Morgan fingerprint density at radius 3 is 2.66 bits per heavy atom. The van der Waals surface area contributed by atoms with Crippen LogP contribution in [0, 0.1) is 0 Å². The number of rotatable bonds is 6. The number of methoxy groups -OCH3 is 1. The van der Waals surface area contributed by atoms with E-state index in [-0.39, 0.29) is 26.2 Å². The van der Waals surface area contributed by atoms with E-state index in [2.05, 4.69) is 20.5 Å². The Morgan fingerprint density at radius 2 is 1.97 bits per heavy atom. The smallest absolute Gasteiger partial charge is 0.410 e. The summed E-state index contributed by atoms with van der Waals surface area (Å²) in [6.45, 7) is 8.10. The van der Waals surface area contributed by atoms with Gasteiger partial charge in [0.25, 0.3) is 5.91 Å². The van der Waals surface area contributed by atoms with Crippen LogP contribution in [0.1, 0.15) is 62.6 Å². The third kappa shape index (κ3) is 6.28. The molecule has 0 spiro atoms. The molecule has 2 aromatic heterocycles. The van der Waals surface area contributed by atoms with Crippen molar-refractivity contribution in [1.29, 1.82) is 0 Å². The maximum absolute atomic E-state index is 13.3. The molecule has 1 aliphatic heterocycles. The molecule has 38 heavy (non-hydrogen) atoms. The van der Waals surface area contributed by atoms with Gasteiger partial charge in [0.1, 0.15) is 29.2 Å². The Hall–Kier alpha value is -3.99. The van der Waals surface area contributed by atoms with Crippen molar-refractivity contribution < 1.29 is 24.2 Å². The van der Waals surface area contributed by atoms with Crippen molar-refractivity contribution in [3.63, 3.8) is 0 Å². The van der Waals surface area contributed by atoms with Crippen LogP contribution in [0.5, 0.6) is 5.75 Å². The Labute approximate surface area is 222 Å². The quantitative estimate of drug-likeness (QED) is 0.493. The predicted molar refractivity (Wildman–Crippen MR) is 143 cm³/mol. The highest BCUT2D eigenvalue weighted by Crippen LogP contribution is 2.29. The molecule has 3 aromatic rings. The lowest BCUT2D eigenvalue weighted by atomic mass is 9.96. The molecule has 1 aromatic carbocycles. The molecule has 0 aliphatic carbocycles. The summed E-state index contributed by atoms with van der Waals surface area (Å²) >= 11 is 0. The molecule has 1 aliphatic rings. The minimum absolute atomic E-state index is 0. The molecule has 0 radical (unpaired) electrons. The molecule has 2 amide bonds. The summed E-state index contributed by atoms with van der Waals surface area (Å²) < 4.78 is 12.8. The van der Waals surface area contributed by atoms with E-state index >= 15 is 0 Å². The van der Waals surface area contributed by atoms with Crippen molar-refractivity contribution >= 4 is 17.8 Å². The summed E-state index contributed by atoms with van der Waals surface area (Å²) in [5.41, 5.74) is 2.12. The van der Waals surface area contributed by atoms with Crippen molar-refractivity contribution in [3.05, 3.63) is 53.3 Å². The standard InChI is InChI=1S/C26H32N6O5.CH4/c1-16(14-33)32-15-27-30-23(32)20-7-6-8-22(28-20)29-24(34)19-11-18-13-31(25(35)37-26(2,3)4)10-9-17(18)12-21(19)36-5;/h6-8,11-12,15-16,33H,9-10,13-14H2,1-5H3,(H,28,29,34);1H4/t16-;/m1./s1. The number of anilines is 1. The monoisotopic (exact) mass is 524 g/mol. The average molecular weight is 525 g/mol. The van der Waals surface area contributed by atoms with Gasteiger partial charge in [-0.1, -0.05) is 13.5 Å². The fourth-order valence-corrected chi connectivity index (χ4v) is 4.06. The van der Waals surface area contributed by atoms with Crippen LogP contribution in [-0.4, -0.2) is 67.6 Å². The molecule has 0 fully saturated rings. The number of amides is 2. The molecular formula is C27H36N6O5. The molecule has 3 heterocycles. The molecule has 0 saturated carbocycles. The molecule has 11 nitrogen and oxygen atoms in total. The highest BCUT2D eigenvalue weighted by Gasteiger charge is 2.27. The summed E-state index contributed by atoms with van der Waals surface area (Å²) in [6.07, 6.45) is 1.77. The molecule has 11 heteroatoms. The van der Waals surface area contributed by atoms with Crippen LogP contribution in [-0.2, 0) is 17.7 Å². The fraction of sp³-hybridized carbons (Fsp3) is 0.444. The van der Waals surface area contributed by atoms with E-state index in [0.717, 1.165) is 11.1 Å². The fourth-order valence-electron chi connectivity index (χ4n) is 4.06. The number of ether oxygens (including phenoxy) is 2. The summed E-state index contributed by atoms with van der Waals surface area (Å²) in [5.74, 6) is 0.841. The van der Waals surface area contributed by atoms with E-state index < -0.39 is 11.5 Å². The van der Waals surface area contributed by atoms with Crippen LogP contribution in [0.2, 0.25) is 0 Å². The highest BCUT2D eigenvalue weighted by molar-refractivity contribution is 6.06. The van der Waals surface area contributed by atoms with Gasteiger partial charge in [-0.05, 0) is 69.5 Å². The van der Waals surface area contributed by atoms with Gasteiger partial charge in [0.05, 0.1) is 25.3 Å². The maximum Gasteiger partial charge on any atom is 0.410 e. The molecule has 204 valence electrons. The van der Waals surface area contributed by atoms with Crippen molar-refractivity contribution in [3.8, 4) is 17.3 Å². The van der Waals surface area contributed by atoms with Gasteiger partial charge in [-0.15, -0.1) is 10.2 Å². The molecule has 2 N–H and O–H groups in total. The molecule has 0 bridgehead atoms. The molecule has 4 rings (SSSR count). The van der Waals surface area contributed by atoms with E-state index in [1.807, 2.05) is 33.8 Å². The first-order valence-corrected chi connectivity index (χ1v) is 12.1. The number of pyridine rings is 1. The topological polar surface area (TPSA) is 132 Å². The van der Waals surface area contributed by atoms with Crippen molar-refractivity contribution in [2.75, 3.05) is 25.6 Å². The number of benzene rings is 1. The molecule has 0 unspecified atom stereocenters. The third-order valence-electron chi connectivity index (χ3n) is 5.96. The van der Waals surface area contributed by atoms with Gasteiger partial charge in [-0.2, -0.15) is 0 Å². The van der Waals surface area contributed by atoms with E-state index in [1.165, 1.54) is 13.4 Å². The lowest BCUT2D eigenvalue weighted by Gasteiger charge is -2.31. The first kappa shape index (κ1) is 28.6. The molecular weight excluding hydrogens is 488 g/mol. The van der Waals surface area contributed by atoms with Crippen LogP contribution in [0.4, 0.5) is 10.6 Å². The number of hydrogen-bond acceptors (Lipinski definition) is 8. The average Bonchev–Trinajstić information content (AvgIpc) is 3.36. The Bertz CT molecular complexity index is 1300. The zero-order valence-electron chi connectivity index (χ0n) is 21.7. The van der Waals surface area contributed by atoms with Crippen molar-refractivity contribution in [1.82, 2.24) is 24.6 Å². The number of aromatic nitrogens is 4. The summed E-state index contributed by atoms with van der Waals surface area (Å²) in [5, 5.41) is 20.4. The normalized spacial score (nSPS) is 13.7. The SMILES string of the molecule is C.COc1cc2c(cc1C(=O)Nc1cccc(-c3nncn3[C@H](C)CO)n1)CN(C(=O)OC(C)(C)C)CC2. The molecule has 1 atom stereocenters. The van der Waals surface area contributed by atoms with Gasteiger partial charge in [0.15, 0.2) is 5.82 Å². The van der Waals surface area contributed by atoms with Gasteiger partial charge in [0.2, 0.25) is 0 Å². The van der Waals surface area contributed by atoms with Gasteiger partial charge in [-0.25, -0.2) is 9.78 Å². The minimum atomic E-state index is -0.590. The number of fused-ring (bicyclic) bond motifs is 1. The third-order valence-corrected chi connectivity index (χ3v) is 5.96. The Morgan fingerprint density at radius 1 is 1.21 bits per heavy atom. The van der Waals surface area contributed by atoms with Crippen LogP contribution in [0.25, 0.3) is 11.5 Å². The Balaban J connectivity index is 0.00000400. The van der Waals surface area contributed by atoms with Gasteiger partial charge >= 0.3 is 6.09 Å². The summed E-state index contributed by atoms with van der Waals surface area (Å²) in [4.78, 5) is 32.0. The number of carbonyl (C=O) groups is 2. The number of nitrogens with zero attached hydrogens (tertiary/aromatic N) is 5. The van der Waals surface area contributed by atoms with Gasteiger partial charge in [-0.3, -0.25) is 4.79 Å². The number of aliphatic hydroxyl groups is 1. The van der Waals surface area contributed by atoms with Crippen LogP contribution in [0.3, 0.4) is 0 Å². The predicted octanol–water partition coefficient (Wildman–Crippen LogP) is 4.08. The lowest BCUT2D eigenvalue weighted by Crippen LogP contribution is -2.40. The first-order chi connectivity index (χ1) is 17.6.